The molecular formula is C25H29F3N4O2. The molecule has 1 aliphatic heterocycles. The minimum Gasteiger partial charge on any atom is -0.355 e. The molecule has 2 fully saturated rings. The monoisotopic (exact) mass is 474 g/mol. The SMILES string of the molecule is CNC(=O)/C(=C(/C)N(C=O)C1=CC(C)(C(F)(F)F)CC=C1)C1CCN1C12C=CC(C#N)(CC1)C2. The number of rotatable bonds is 6. The van der Waals surface area contributed by atoms with Crippen molar-refractivity contribution in [2.45, 2.75) is 63.7 Å². The van der Waals surface area contributed by atoms with E-state index in [0.29, 0.717) is 30.5 Å². The number of nitrogens with zero attached hydrogens (tertiary/aromatic N) is 3. The van der Waals surface area contributed by atoms with Crippen LogP contribution in [-0.4, -0.2) is 53.5 Å². The number of allylic oxidation sites excluding steroid dienone is 5. The third kappa shape index (κ3) is 3.59. The van der Waals surface area contributed by atoms with Crippen molar-refractivity contribution in [1.82, 2.24) is 15.1 Å². The van der Waals surface area contributed by atoms with Gasteiger partial charge in [0.25, 0.3) is 0 Å². The number of hydrogen-bond donors (Lipinski definition) is 1. The van der Waals surface area contributed by atoms with Gasteiger partial charge in [0.05, 0.1) is 22.5 Å². The lowest BCUT2D eigenvalue weighted by atomic mass is 9.81. The van der Waals surface area contributed by atoms with E-state index in [2.05, 4.69) is 22.4 Å². The first-order valence-electron chi connectivity index (χ1n) is 11.5. The number of halogens is 3. The van der Waals surface area contributed by atoms with E-state index in [9.17, 15) is 28.0 Å². The van der Waals surface area contributed by atoms with Crippen molar-refractivity contribution in [2.24, 2.45) is 10.8 Å². The van der Waals surface area contributed by atoms with Gasteiger partial charge in [-0.05, 0) is 58.1 Å². The Kier molecular flexibility index (Phi) is 5.80. The summed E-state index contributed by atoms with van der Waals surface area (Å²) in [4.78, 5) is 28.5. The van der Waals surface area contributed by atoms with E-state index in [1.807, 2.05) is 6.08 Å². The third-order valence-electron chi connectivity index (χ3n) is 8.04. The van der Waals surface area contributed by atoms with Crippen molar-refractivity contribution in [3.8, 4) is 6.07 Å². The van der Waals surface area contributed by atoms with Crippen LogP contribution in [0.3, 0.4) is 0 Å². The second kappa shape index (κ2) is 8.12. The summed E-state index contributed by atoms with van der Waals surface area (Å²) in [7, 11) is 1.49. The molecule has 1 N–H and O–H groups in total. The molecule has 4 aliphatic rings. The van der Waals surface area contributed by atoms with Crippen LogP contribution in [0.2, 0.25) is 0 Å². The average Bonchev–Trinajstić information content (AvgIpc) is 3.33. The Morgan fingerprint density at radius 2 is 2.09 bits per heavy atom. The van der Waals surface area contributed by atoms with Crippen molar-refractivity contribution in [3.05, 3.63) is 47.3 Å². The fourth-order valence-electron chi connectivity index (χ4n) is 5.82. The Bertz CT molecular complexity index is 1070. The van der Waals surface area contributed by atoms with Crippen LogP contribution in [0.15, 0.2) is 47.3 Å². The number of hydrogen-bond acceptors (Lipinski definition) is 4. The first kappa shape index (κ1) is 24.3. The average molecular weight is 475 g/mol. The minimum atomic E-state index is -4.48. The van der Waals surface area contributed by atoms with Crippen LogP contribution in [0.4, 0.5) is 13.2 Å². The van der Waals surface area contributed by atoms with E-state index in [1.54, 1.807) is 6.92 Å². The largest absolute Gasteiger partial charge is 0.397 e. The second-order valence-electron chi connectivity index (χ2n) is 10.0. The Balaban J connectivity index is 1.71. The summed E-state index contributed by atoms with van der Waals surface area (Å²) in [6.45, 7) is 3.43. The summed E-state index contributed by atoms with van der Waals surface area (Å²) in [6, 6.07) is 2.12. The van der Waals surface area contributed by atoms with Crippen LogP contribution in [0.25, 0.3) is 0 Å². The molecule has 0 aromatic rings. The summed E-state index contributed by atoms with van der Waals surface area (Å²) < 4.78 is 41.0. The maximum atomic E-state index is 13.7. The molecular weight excluding hydrogens is 445 g/mol. The zero-order chi connectivity index (χ0) is 24.9. The number of carbonyl (C=O) groups excluding carboxylic acids is 2. The molecule has 6 nitrogen and oxygen atoms in total. The number of alkyl halides is 3. The van der Waals surface area contributed by atoms with Gasteiger partial charge in [-0.1, -0.05) is 18.2 Å². The number of likely N-dealkylation sites (N-methyl/N-ethyl adjacent to an activating group) is 1. The number of carbonyl (C=O) groups is 2. The number of fused-ring (bicyclic) bond motifs is 2. The predicted molar refractivity (Wildman–Crippen MR) is 120 cm³/mol. The van der Waals surface area contributed by atoms with Gasteiger partial charge in [-0.25, -0.2) is 0 Å². The Morgan fingerprint density at radius 1 is 1.35 bits per heavy atom. The summed E-state index contributed by atoms with van der Waals surface area (Å²) >= 11 is 0. The third-order valence-corrected chi connectivity index (χ3v) is 8.04. The van der Waals surface area contributed by atoms with Crippen molar-refractivity contribution < 1.29 is 22.8 Å². The highest BCUT2D eigenvalue weighted by Crippen LogP contribution is 2.56. The topological polar surface area (TPSA) is 76.4 Å². The Morgan fingerprint density at radius 3 is 2.56 bits per heavy atom. The molecule has 1 saturated carbocycles. The molecule has 1 saturated heterocycles. The molecule has 4 atom stereocenters. The summed E-state index contributed by atoms with van der Waals surface area (Å²) in [5, 5.41) is 12.3. The molecule has 0 aromatic carbocycles. The second-order valence-corrected chi connectivity index (χ2v) is 10.0. The van der Waals surface area contributed by atoms with E-state index < -0.39 is 17.0 Å². The van der Waals surface area contributed by atoms with Gasteiger partial charge in [-0.3, -0.25) is 19.4 Å². The predicted octanol–water partition coefficient (Wildman–Crippen LogP) is 3.95. The standard InChI is InChI=1S/C25H29F3N4O2/c1-17(31(16-33)18-5-4-7-22(2,13-18)25(26,27)28)20(21(34)30-3)19-6-12-32(19)24-10-8-23(14-24,15-29)9-11-24/h4-5,8,10,13,16,19H,6-7,9,11-12,14H2,1-3H3,(H,30,34)/b20-17-. The van der Waals surface area contributed by atoms with Gasteiger partial charge < -0.3 is 5.32 Å². The molecule has 0 radical (unpaired) electrons. The summed E-state index contributed by atoms with van der Waals surface area (Å²) in [5.74, 6) is -0.374. The maximum Gasteiger partial charge on any atom is 0.397 e. The number of likely N-dealkylation sites (tertiary alicyclic amines) is 1. The lowest BCUT2D eigenvalue weighted by Crippen LogP contribution is -2.61. The molecule has 0 spiro atoms. The normalized spacial score (nSPS) is 35.2. The highest BCUT2D eigenvalue weighted by Gasteiger charge is 2.57. The number of amides is 2. The fraction of sp³-hybridized carbons (Fsp3) is 0.560. The molecule has 182 valence electrons. The van der Waals surface area contributed by atoms with Crippen molar-refractivity contribution in [1.29, 1.82) is 5.26 Å². The van der Waals surface area contributed by atoms with E-state index in [1.165, 1.54) is 19.2 Å². The minimum absolute atomic E-state index is 0.0918. The van der Waals surface area contributed by atoms with Crippen LogP contribution in [0.5, 0.6) is 0 Å². The van der Waals surface area contributed by atoms with Gasteiger partial charge in [0.1, 0.15) is 0 Å². The van der Waals surface area contributed by atoms with Gasteiger partial charge >= 0.3 is 6.18 Å². The lowest BCUT2D eigenvalue weighted by molar-refractivity contribution is -0.199. The lowest BCUT2D eigenvalue weighted by Gasteiger charge is -2.52. The van der Waals surface area contributed by atoms with Gasteiger partial charge in [0, 0.05) is 36.6 Å². The van der Waals surface area contributed by atoms with Gasteiger partial charge in [0.2, 0.25) is 12.3 Å². The molecule has 4 unspecified atom stereocenters. The molecule has 3 aliphatic carbocycles. The van der Waals surface area contributed by atoms with Crippen LogP contribution in [0, 0.1) is 22.2 Å². The van der Waals surface area contributed by atoms with Gasteiger partial charge in [-0.2, -0.15) is 18.4 Å². The number of nitrogens with one attached hydrogen (secondary N) is 1. The molecule has 0 aromatic heterocycles. The van der Waals surface area contributed by atoms with Gasteiger partial charge in [0.15, 0.2) is 0 Å². The molecule has 2 amide bonds. The molecule has 1 heterocycles. The van der Waals surface area contributed by atoms with E-state index >= 15 is 0 Å². The molecule has 9 heteroatoms. The van der Waals surface area contributed by atoms with Crippen LogP contribution in [-0.2, 0) is 9.59 Å². The highest BCUT2D eigenvalue weighted by atomic mass is 19.4. The Hall–Kier alpha value is -2.86. The Labute approximate surface area is 197 Å². The van der Waals surface area contributed by atoms with Crippen LogP contribution >= 0.6 is 0 Å². The molecule has 34 heavy (non-hydrogen) atoms. The fourth-order valence-corrected chi connectivity index (χ4v) is 5.82. The van der Waals surface area contributed by atoms with E-state index in [4.69, 9.17) is 0 Å². The zero-order valence-electron chi connectivity index (χ0n) is 19.6. The van der Waals surface area contributed by atoms with E-state index in [-0.39, 0.29) is 29.6 Å². The van der Waals surface area contributed by atoms with Crippen molar-refractivity contribution in [3.63, 3.8) is 0 Å². The highest BCUT2D eigenvalue weighted by molar-refractivity contribution is 5.95. The molecule has 2 bridgehead atoms. The first-order valence-corrected chi connectivity index (χ1v) is 11.5. The van der Waals surface area contributed by atoms with Crippen LogP contribution in [0.1, 0.15) is 46.0 Å². The van der Waals surface area contributed by atoms with Crippen molar-refractivity contribution >= 4 is 12.3 Å². The maximum absolute atomic E-state index is 13.7. The smallest absolute Gasteiger partial charge is 0.355 e. The molecule has 4 rings (SSSR count). The van der Waals surface area contributed by atoms with Crippen molar-refractivity contribution in [2.75, 3.05) is 13.6 Å². The summed E-state index contributed by atoms with van der Waals surface area (Å²) in [6.07, 6.45) is 6.67. The summed E-state index contributed by atoms with van der Waals surface area (Å²) in [5.41, 5.74) is -2.14. The van der Waals surface area contributed by atoms with E-state index in [0.717, 1.165) is 37.3 Å². The van der Waals surface area contributed by atoms with Gasteiger partial charge in [-0.15, -0.1) is 0 Å². The van der Waals surface area contributed by atoms with Crippen LogP contribution < -0.4 is 5.32 Å². The quantitative estimate of drug-likeness (QED) is 0.359. The number of nitriles is 1. The first-order chi connectivity index (χ1) is 15.9. The zero-order valence-corrected chi connectivity index (χ0v) is 19.6.